The van der Waals surface area contributed by atoms with Gasteiger partial charge in [0.05, 0.1) is 29.9 Å². The van der Waals surface area contributed by atoms with E-state index in [4.69, 9.17) is 4.74 Å². The first-order chi connectivity index (χ1) is 13.8. The lowest BCUT2D eigenvalue weighted by atomic mass is 9.70. The number of aromatic amines is 1. The van der Waals surface area contributed by atoms with Gasteiger partial charge in [-0.15, -0.1) is 4.37 Å². The maximum absolute atomic E-state index is 5.33. The third kappa shape index (κ3) is 2.55. The second kappa shape index (κ2) is 6.69. The van der Waals surface area contributed by atoms with E-state index in [1.807, 2.05) is 24.4 Å². The molecule has 3 heterocycles. The largest absolute Gasteiger partial charge is 0.479 e. The number of allylic oxidation sites excluding steroid dienone is 1. The first-order valence-electron chi connectivity index (χ1n) is 8.92. The molecule has 7 heteroatoms. The highest BCUT2D eigenvalue weighted by molar-refractivity contribution is 6.99. The summed E-state index contributed by atoms with van der Waals surface area (Å²) in [4.78, 5) is 4.68. The van der Waals surface area contributed by atoms with Crippen LogP contribution in [0.5, 0.6) is 5.88 Å². The molecular weight excluding hydrogens is 370 g/mol. The second-order valence-electron chi connectivity index (χ2n) is 6.65. The third-order valence-corrected chi connectivity index (χ3v) is 5.67. The molecule has 0 saturated heterocycles. The van der Waals surface area contributed by atoms with Crippen molar-refractivity contribution in [2.24, 2.45) is 0 Å². The van der Waals surface area contributed by atoms with Crippen LogP contribution >= 0.6 is 11.7 Å². The molecule has 0 radical (unpaired) electrons. The van der Waals surface area contributed by atoms with E-state index in [1.54, 1.807) is 7.11 Å². The van der Waals surface area contributed by atoms with E-state index >= 15 is 0 Å². The summed E-state index contributed by atoms with van der Waals surface area (Å²) in [5, 5.41) is 7.74. The van der Waals surface area contributed by atoms with Crippen molar-refractivity contribution in [3.05, 3.63) is 83.3 Å². The van der Waals surface area contributed by atoms with Crippen LogP contribution in [0.2, 0.25) is 0 Å². The van der Waals surface area contributed by atoms with Gasteiger partial charge in [-0.25, -0.2) is 0 Å². The predicted octanol–water partition coefficient (Wildman–Crippen LogP) is 3.89. The van der Waals surface area contributed by atoms with Crippen molar-refractivity contribution in [2.75, 3.05) is 7.11 Å². The van der Waals surface area contributed by atoms with Gasteiger partial charge in [-0.05, 0) is 17.7 Å². The highest BCUT2D eigenvalue weighted by Gasteiger charge is 2.38. The van der Waals surface area contributed by atoms with E-state index in [0.29, 0.717) is 11.6 Å². The zero-order valence-electron chi connectivity index (χ0n) is 15.2. The fourth-order valence-corrected chi connectivity index (χ4v) is 4.31. The lowest BCUT2D eigenvalue weighted by Gasteiger charge is -2.33. The van der Waals surface area contributed by atoms with Gasteiger partial charge < -0.3 is 4.74 Å². The van der Waals surface area contributed by atoms with Crippen molar-refractivity contribution in [3.63, 3.8) is 0 Å². The first kappa shape index (κ1) is 16.8. The van der Waals surface area contributed by atoms with Crippen molar-refractivity contribution < 1.29 is 4.74 Å². The fraction of sp³-hybridized carbons (Fsp3) is 0.143. The van der Waals surface area contributed by atoms with Gasteiger partial charge >= 0.3 is 0 Å². The zero-order valence-corrected chi connectivity index (χ0v) is 16.0. The summed E-state index contributed by atoms with van der Waals surface area (Å²) in [6.45, 7) is 0. The van der Waals surface area contributed by atoms with E-state index < -0.39 is 0 Å². The summed E-state index contributed by atoms with van der Waals surface area (Å²) in [5.41, 5.74) is 5.34. The Hall–Kier alpha value is -3.32. The molecule has 1 aromatic carbocycles. The molecule has 28 heavy (non-hydrogen) atoms. The first-order valence-corrected chi connectivity index (χ1v) is 9.65. The minimum atomic E-state index is -0.357. The SMILES string of the molecule is COc1nsnc1-c1n[nH]c2c1C=CC(c1ccccc1)(c1ccccn1)C2. The number of nitrogens with zero attached hydrogens (tertiary/aromatic N) is 4. The normalized spacial score (nSPS) is 18.0. The number of aromatic nitrogens is 5. The number of benzene rings is 1. The molecule has 4 aromatic rings. The summed E-state index contributed by atoms with van der Waals surface area (Å²) in [7, 11) is 1.59. The number of rotatable bonds is 4. The van der Waals surface area contributed by atoms with E-state index in [9.17, 15) is 0 Å². The standard InChI is InChI=1S/C21H17N5OS/c1-27-20-19(25-28-26-20)18-15-10-11-21(13-16(15)23-24-18,14-7-3-2-4-8-14)17-9-5-6-12-22-17/h2-12H,13H2,1H3,(H,23,24). The molecule has 0 bridgehead atoms. The molecule has 138 valence electrons. The van der Waals surface area contributed by atoms with Gasteiger partial charge in [0.25, 0.3) is 5.88 Å². The monoisotopic (exact) mass is 387 g/mol. The quantitative estimate of drug-likeness (QED) is 0.575. The molecule has 1 atom stereocenters. The molecule has 5 rings (SSSR count). The molecule has 1 N–H and O–H groups in total. The third-order valence-electron chi connectivity index (χ3n) is 5.16. The Morgan fingerprint density at radius 2 is 1.89 bits per heavy atom. The highest BCUT2D eigenvalue weighted by Crippen LogP contribution is 2.42. The topological polar surface area (TPSA) is 76.6 Å². The Kier molecular flexibility index (Phi) is 4.02. The summed E-state index contributed by atoms with van der Waals surface area (Å²) in [6, 6.07) is 16.5. The number of ether oxygens (including phenoxy) is 1. The molecule has 6 nitrogen and oxygen atoms in total. The molecular formula is C21H17N5OS. The van der Waals surface area contributed by atoms with Crippen LogP contribution in [-0.4, -0.2) is 31.0 Å². The van der Waals surface area contributed by atoms with Gasteiger partial charge in [0.1, 0.15) is 5.69 Å². The molecule has 3 aromatic heterocycles. The summed E-state index contributed by atoms with van der Waals surface area (Å²) in [5.74, 6) is 0.498. The van der Waals surface area contributed by atoms with E-state index in [1.165, 1.54) is 5.56 Å². The maximum atomic E-state index is 5.33. The Bertz CT molecular complexity index is 1090. The summed E-state index contributed by atoms with van der Waals surface area (Å²) in [6.07, 6.45) is 6.90. The molecule has 0 spiro atoms. The van der Waals surface area contributed by atoms with E-state index in [-0.39, 0.29) is 5.41 Å². The molecule has 0 saturated carbocycles. The van der Waals surface area contributed by atoms with Gasteiger partial charge in [-0.3, -0.25) is 10.1 Å². The second-order valence-corrected chi connectivity index (χ2v) is 7.18. The minimum Gasteiger partial charge on any atom is -0.479 e. The Balaban J connectivity index is 1.65. The van der Waals surface area contributed by atoms with Gasteiger partial charge in [0.2, 0.25) is 0 Å². The minimum absolute atomic E-state index is 0.357. The van der Waals surface area contributed by atoms with E-state index in [2.05, 4.69) is 66.4 Å². The van der Waals surface area contributed by atoms with Crippen LogP contribution in [-0.2, 0) is 11.8 Å². The van der Waals surface area contributed by atoms with Gasteiger partial charge in [0, 0.05) is 23.9 Å². The summed E-state index contributed by atoms with van der Waals surface area (Å²) < 4.78 is 13.9. The maximum Gasteiger partial charge on any atom is 0.255 e. The smallest absolute Gasteiger partial charge is 0.255 e. The highest BCUT2D eigenvalue weighted by atomic mass is 32.1. The average Bonchev–Trinajstić information content (AvgIpc) is 3.40. The zero-order chi connectivity index (χ0) is 19.0. The number of methoxy groups -OCH3 is 1. The van der Waals surface area contributed by atoms with Crippen LogP contribution in [0.1, 0.15) is 22.5 Å². The molecule has 0 aliphatic heterocycles. The lowest BCUT2D eigenvalue weighted by molar-refractivity contribution is 0.403. The molecule has 0 amide bonds. The number of fused-ring (bicyclic) bond motifs is 1. The van der Waals surface area contributed by atoms with Crippen molar-refractivity contribution in [1.29, 1.82) is 0 Å². The van der Waals surface area contributed by atoms with Gasteiger partial charge in [0.15, 0.2) is 5.69 Å². The number of pyridine rings is 1. The van der Waals surface area contributed by atoms with Gasteiger partial charge in [-0.1, -0.05) is 48.6 Å². The number of hydrogen-bond donors (Lipinski definition) is 1. The predicted molar refractivity (Wildman–Crippen MR) is 108 cm³/mol. The Labute approximate surface area is 166 Å². The van der Waals surface area contributed by atoms with Crippen LogP contribution in [0.4, 0.5) is 0 Å². The number of nitrogens with one attached hydrogen (secondary N) is 1. The lowest BCUT2D eigenvalue weighted by Crippen LogP contribution is -2.31. The van der Waals surface area contributed by atoms with Crippen molar-refractivity contribution >= 4 is 17.8 Å². The van der Waals surface area contributed by atoms with Gasteiger partial charge in [-0.2, -0.15) is 9.47 Å². The van der Waals surface area contributed by atoms with Crippen molar-refractivity contribution in [1.82, 2.24) is 23.9 Å². The van der Waals surface area contributed by atoms with Crippen LogP contribution < -0.4 is 4.74 Å². The van der Waals surface area contributed by atoms with Crippen LogP contribution in [0.25, 0.3) is 17.5 Å². The Morgan fingerprint density at radius 3 is 2.68 bits per heavy atom. The molecule has 1 aliphatic rings. The molecule has 1 unspecified atom stereocenters. The van der Waals surface area contributed by atoms with Crippen LogP contribution in [0, 0.1) is 0 Å². The molecule has 1 aliphatic carbocycles. The van der Waals surface area contributed by atoms with Crippen LogP contribution in [0.3, 0.4) is 0 Å². The number of hydrogen-bond acceptors (Lipinski definition) is 6. The average molecular weight is 387 g/mol. The fourth-order valence-electron chi connectivity index (χ4n) is 3.79. The van der Waals surface area contributed by atoms with Crippen LogP contribution in [0.15, 0.2) is 60.8 Å². The Morgan fingerprint density at radius 1 is 1.04 bits per heavy atom. The van der Waals surface area contributed by atoms with E-state index in [0.717, 1.165) is 40.8 Å². The summed E-state index contributed by atoms with van der Waals surface area (Å²) >= 11 is 1.12. The van der Waals surface area contributed by atoms with Crippen molar-refractivity contribution in [2.45, 2.75) is 11.8 Å². The number of H-pyrrole nitrogens is 1. The van der Waals surface area contributed by atoms with Crippen molar-refractivity contribution in [3.8, 4) is 17.3 Å². The molecule has 0 fully saturated rings.